The third-order valence-electron chi connectivity index (χ3n) is 1.25. The topological polar surface area (TPSA) is 76.5 Å². The molecule has 0 aromatic heterocycles. The Balaban J connectivity index is 3.91. The summed E-state index contributed by atoms with van der Waals surface area (Å²) in [5.41, 5.74) is 0.196. The highest BCUT2D eigenvalue weighted by atomic mass is 16.6. The molecular weight excluding hydrogens is 174 g/mol. The van der Waals surface area contributed by atoms with Crippen LogP contribution in [0.5, 0.6) is 0 Å². The van der Waals surface area contributed by atoms with Gasteiger partial charge in [-0.15, -0.1) is 0 Å². The highest BCUT2D eigenvalue weighted by molar-refractivity contribution is 5.96. The molecule has 0 aliphatic carbocycles. The van der Waals surface area contributed by atoms with Crippen molar-refractivity contribution in [2.45, 2.75) is 26.4 Å². The molecule has 0 heterocycles. The van der Waals surface area contributed by atoms with E-state index in [4.69, 9.17) is 5.41 Å². The number of hydrogen-bond donors (Lipinski definition) is 1. The second-order valence-electron chi connectivity index (χ2n) is 2.61. The molecule has 0 aliphatic rings. The molecule has 0 aromatic carbocycles. The van der Waals surface area contributed by atoms with E-state index in [1.165, 1.54) is 21.0 Å². The Morgan fingerprint density at radius 2 is 2.00 bits per heavy atom. The summed E-state index contributed by atoms with van der Waals surface area (Å²) in [5, 5.41) is 7.00. The van der Waals surface area contributed by atoms with Crippen LogP contribution in [-0.4, -0.2) is 30.9 Å². The fourth-order valence-corrected chi connectivity index (χ4v) is 0.669. The van der Waals surface area contributed by atoms with E-state index < -0.39 is 18.0 Å². The largest absolute Gasteiger partial charge is 0.466 e. The molecule has 1 N–H and O–H groups in total. The fourth-order valence-electron chi connectivity index (χ4n) is 0.669. The van der Waals surface area contributed by atoms with Crippen molar-refractivity contribution >= 4 is 17.7 Å². The van der Waals surface area contributed by atoms with E-state index in [0.717, 1.165) is 0 Å². The Labute approximate surface area is 76.5 Å². The zero-order valence-corrected chi connectivity index (χ0v) is 7.92. The van der Waals surface area contributed by atoms with Gasteiger partial charge in [0.05, 0.1) is 13.5 Å². The molecule has 0 saturated carbocycles. The first-order valence-electron chi connectivity index (χ1n) is 3.78. The van der Waals surface area contributed by atoms with E-state index in [-0.39, 0.29) is 12.1 Å². The summed E-state index contributed by atoms with van der Waals surface area (Å²) >= 11 is 0. The van der Waals surface area contributed by atoms with Crippen molar-refractivity contribution < 1.29 is 19.1 Å². The van der Waals surface area contributed by atoms with E-state index in [0.29, 0.717) is 0 Å². The minimum Gasteiger partial charge on any atom is -0.466 e. The zero-order chi connectivity index (χ0) is 10.4. The molecule has 0 spiro atoms. The van der Waals surface area contributed by atoms with Crippen LogP contribution in [-0.2, 0) is 19.1 Å². The Kier molecular flexibility index (Phi) is 4.72. The average Bonchev–Trinajstić information content (AvgIpc) is 2.01. The molecule has 0 fully saturated rings. The molecule has 0 amide bonds. The van der Waals surface area contributed by atoms with Crippen LogP contribution < -0.4 is 0 Å². The summed E-state index contributed by atoms with van der Waals surface area (Å²) in [4.78, 5) is 21.7. The molecule has 13 heavy (non-hydrogen) atoms. The van der Waals surface area contributed by atoms with Gasteiger partial charge >= 0.3 is 11.9 Å². The number of carbonyl (C=O) groups is 2. The molecule has 1 unspecified atom stereocenters. The molecule has 5 nitrogen and oxygen atoms in total. The Bertz CT molecular complexity index is 224. The van der Waals surface area contributed by atoms with Crippen LogP contribution in [0, 0.1) is 5.41 Å². The van der Waals surface area contributed by atoms with Gasteiger partial charge in [-0.2, -0.15) is 0 Å². The minimum atomic E-state index is -0.906. The van der Waals surface area contributed by atoms with Gasteiger partial charge in [-0.05, 0) is 13.8 Å². The molecule has 0 radical (unpaired) electrons. The maximum Gasteiger partial charge on any atom is 0.346 e. The predicted molar refractivity (Wildman–Crippen MR) is 45.6 cm³/mol. The zero-order valence-electron chi connectivity index (χ0n) is 7.92. The van der Waals surface area contributed by atoms with Gasteiger partial charge in [0, 0.05) is 5.71 Å². The molecule has 74 valence electrons. The van der Waals surface area contributed by atoms with E-state index in [2.05, 4.69) is 9.47 Å². The third-order valence-corrected chi connectivity index (χ3v) is 1.25. The summed E-state index contributed by atoms with van der Waals surface area (Å²) in [7, 11) is 1.22. The Hall–Kier alpha value is -1.39. The highest BCUT2D eigenvalue weighted by Crippen LogP contribution is 1.97. The van der Waals surface area contributed by atoms with Crippen molar-refractivity contribution in [1.29, 1.82) is 5.41 Å². The van der Waals surface area contributed by atoms with Crippen LogP contribution in [0.3, 0.4) is 0 Å². The van der Waals surface area contributed by atoms with Gasteiger partial charge in [0.1, 0.15) is 0 Å². The van der Waals surface area contributed by atoms with Crippen LogP contribution in [0.4, 0.5) is 0 Å². The van der Waals surface area contributed by atoms with Gasteiger partial charge in [0.25, 0.3) is 0 Å². The number of rotatable bonds is 4. The van der Waals surface area contributed by atoms with E-state index in [1.54, 1.807) is 0 Å². The van der Waals surface area contributed by atoms with Crippen molar-refractivity contribution in [3.05, 3.63) is 0 Å². The number of methoxy groups -OCH3 is 1. The van der Waals surface area contributed by atoms with Gasteiger partial charge in [0.15, 0.2) is 6.10 Å². The normalized spacial score (nSPS) is 11.6. The van der Waals surface area contributed by atoms with Gasteiger partial charge in [-0.1, -0.05) is 0 Å². The summed E-state index contributed by atoms with van der Waals surface area (Å²) < 4.78 is 9.01. The number of carbonyl (C=O) groups excluding carboxylic acids is 2. The van der Waals surface area contributed by atoms with Gasteiger partial charge < -0.3 is 14.9 Å². The van der Waals surface area contributed by atoms with Crippen LogP contribution in [0.25, 0.3) is 0 Å². The highest BCUT2D eigenvalue weighted by Gasteiger charge is 2.17. The van der Waals surface area contributed by atoms with Gasteiger partial charge in [-0.25, -0.2) is 4.79 Å². The maximum absolute atomic E-state index is 10.9. The molecule has 0 rings (SSSR count). The lowest BCUT2D eigenvalue weighted by Gasteiger charge is -2.09. The second-order valence-corrected chi connectivity index (χ2v) is 2.61. The lowest BCUT2D eigenvalue weighted by atomic mass is 10.3. The Morgan fingerprint density at radius 3 is 2.38 bits per heavy atom. The number of ether oxygens (including phenoxy) is 2. The van der Waals surface area contributed by atoms with Crippen LogP contribution in [0.2, 0.25) is 0 Å². The first-order valence-corrected chi connectivity index (χ1v) is 3.78. The summed E-state index contributed by atoms with van der Waals surface area (Å²) in [6, 6.07) is 0. The van der Waals surface area contributed by atoms with E-state index in [9.17, 15) is 9.59 Å². The summed E-state index contributed by atoms with van der Waals surface area (Å²) in [6.07, 6.45) is -1.00. The molecular formula is C8H13NO4. The van der Waals surface area contributed by atoms with Crippen molar-refractivity contribution in [2.24, 2.45) is 0 Å². The summed E-state index contributed by atoms with van der Waals surface area (Å²) in [5.74, 6) is -1.19. The lowest BCUT2D eigenvalue weighted by molar-refractivity contribution is -0.163. The lowest BCUT2D eigenvalue weighted by Crippen LogP contribution is -2.25. The standard InChI is InChI=1S/C8H13NO4/c1-5(9)4-7(10)13-6(2)8(11)12-3/h6,9H,4H2,1-3H3. The Morgan fingerprint density at radius 1 is 1.46 bits per heavy atom. The quantitative estimate of drug-likeness (QED) is 0.514. The predicted octanol–water partition coefficient (Wildman–Crippen LogP) is 0.521. The molecule has 0 saturated heterocycles. The van der Waals surface area contributed by atoms with Gasteiger partial charge in [-0.3, -0.25) is 4.79 Å². The third kappa shape index (κ3) is 4.95. The van der Waals surface area contributed by atoms with Crippen LogP contribution in [0.15, 0.2) is 0 Å². The number of nitrogens with one attached hydrogen (secondary N) is 1. The molecule has 0 aliphatic heterocycles. The van der Waals surface area contributed by atoms with Gasteiger partial charge in [0.2, 0.25) is 0 Å². The van der Waals surface area contributed by atoms with Crippen molar-refractivity contribution in [3.8, 4) is 0 Å². The minimum absolute atomic E-state index is 0.0959. The SMILES string of the molecule is COC(=O)C(C)OC(=O)CC(C)=N. The van der Waals surface area contributed by atoms with E-state index in [1.807, 2.05) is 0 Å². The van der Waals surface area contributed by atoms with Crippen molar-refractivity contribution in [2.75, 3.05) is 7.11 Å². The van der Waals surface area contributed by atoms with Crippen molar-refractivity contribution in [1.82, 2.24) is 0 Å². The smallest absolute Gasteiger partial charge is 0.346 e. The second kappa shape index (κ2) is 5.29. The molecule has 0 bridgehead atoms. The monoisotopic (exact) mass is 187 g/mol. The summed E-state index contributed by atoms with van der Waals surface area (Å²) in [6.45, 7) is 2.91. The molecule has 1 atom stereocenters. The van der Waals surface area contributed by atoms with Crippen LogP contribution >= 0.6 is 0 Å². The van der Waals surface area contributed by atoms with Crippen molar-refractivity contribution in [3.63, 3.8) is 0 Å². The average molecular weight is 187 g/mol. The number of esters is 2. The first kappa shape index (κ1) is 11.6. The number of hydrogen-bond acceptors (Lipinski definition) is 5. The fraction of sp³-hybridized carbons (Fsp3) is 0.625. The molecule has 0 aromatic rings. The molecule has 5 heteroatoms. The van der Waals surface area contributed by atoms with E-state index >= 15 is 0 Å². The first-order chi connectivity index (χ1) is 5.97. The van der Waals surface area contributed by atoms with Crippen LogP contribution in [0.1, 0.15) is 20.3 Å². The maximum atomic E-state index is 10.9.